The molecule has 6 atom stereocenters. The van der Waals surface area contributed by atoms with Gasteiger partial charge in [-0.2, -0.15) is 0 Å². The average Bonchev–Trinajstić information content (AvgIpc) is 2.71. The number of hydrogen-bond donors (Lipinski definition) is 2. The quantitative estimate of drug-likeness (QED) is 0.593. The van der Waals surface area contributed by atoms with Crippen LogP contribution in [0.3, 0.4) is 0 Å². The van der Waals surface area contributed by atoms with Crippen LogP contribution >= 0.6 is 0 Å². The second-order valence-electron chi connectivity index (χ2n) is 6.57. The summed E-state index contributed by atoms with van der Waals surface area (Å²) in [5.74, 6) is 1.65. The summed E-state index contributed by atoms with van der Waals surface area (Å²) in [5, 5.41) is 20.9. The van der Waals surface area contributed by atoms with Crippen LogP contribution in [0.4, 0.5) is 0 Å². The summed E-state index contributed by atoms with van der Waals surface area (Å²) < 4.78 is 0. The first-order valence-corrected chi connectivity index (χ1v) is 5.96. The van der Waals surface area contributed by atoms with Gasteiger partial charge in [0.05, 0.1) is 11.7 Å². The molecule has 2 nitrogen and oxygen atoms in total. The van der Waals surface area contributed by atoms with Crippen LogP contribution in [0.25, 0.3) is 0 Å². The third kappa shape index (κ3) is 0.891. The lowest BCUT2D eigenvalue weighted by molar-refractivity contribution is -0.282. The first-order chi connectivity index (χ1) is 6.87. The Kier molecular flexibility index (Phi) is 1.64. The molecule has 3 aliphatic carbocycles. The molecule has 2 heteroatoms. The Morgan fingerprint density at radius 1 is 1.20 bits per heavy atom. The van der Waals surface area contributed by atoms with E-state index in [0.29, 0.717) is 23.7 Å². The zero-order valence-electron chi connectivity index (χ0n) is 9.64. The third-order valence-corrected chi connectivity index (χ3v) is 5.05. The first-order valence-electron chi connectivity index (χ1n) is 5.96. The van der Waals surface area contributed by atoms with E-state index in [2.05, 4.69) is 12.2 Å². The fourth-order valence-electron chi connectivity index (χ4n) is 4.23. The number of aliphatic hydroxyl groups is 2. The van der Waals surface area contributed by atoms with Crippen molar-refractivity contribution in [2.45, 2.75) is 38.9 Å². The maximum atomic E-state index is 10.7. The predicted octanol–water partition coefficient (Wildman–Crippen LogP) is 1.58. The van der Waals surface area contributed by atoms with Gasteiger partial charge in [-0.05, 0) is 23.7 Å². The van der Waals surface area contributed by atoms with Crippen LogP contribution in [-0.4, -0.2) is 21.9 Å². The van der Waals surface area contributed by atoms with E-state index >= 15 is 0 Å². The van der Waals surface area contributed by atoms with E-state index in [9.17, 15) is 10.2 Å². The number of allylic oxidation sites excluding steroid dienone is 2. The van der Waals surface area contributed by atoms with E-state index < -0.39 is 11.7 Å². The van der Waals surface area contributed by atoms with Crippen molar-refractivity contribution in [2.75, 3.05) is 0 Å². The molecule has 2 bridgehead atoms. The molecule has 0 aromatic carbocycles. The molecule has 0 unspecified atom stereocenters. The van der Waals surface area contributed by atoms with Crippen molar-refractivity contribution < 1.29 is 10.2 Å². The Labute approximate surface area is 91.0 Å². The summed E-state index contributed by atoms with van der Waals surface area (Å²) in [5.41, 5.74) is -1.10. The summed E-state index contributed by atoms with van der Waals surface area (Å²) in [6, 6.07) is 0. The van der Waals surface area contributed by atoms with Crippen LogP contribution in [0.1, 0.15) is 27.2 Å². The minimum Gasteiger partial charge on any atom is -0.390 e. The lowest BCUT2D eigenvalue weighted by atomic mass is 9.47. The molecule has 15 heavy (non-hydrogen) atoms. The van der Waals surface area contributed by atoms with E-state index in [4.69, 9.17) is 0 Å². The van der Waals surface area contributed by atoms with Gasteiger partial charge in [-0.1, -0.05) is 32.9 Å². The van der Waals surface area contributed by atoms with Crippen molar-refractivity contribution in [3.63, 3.8) is 0 Å². The second kappa shape index (κ2) is 2.49. The van der Waals surface area contributed by atoms with E-state index in [1.807, 2.05) is 20.8 Å². The van der Waals surface area contributed by atoms with Gasteiger partial charge in [0.1, 0.15) is 0 Å². The zero-order chi connectivity index (χ0) is 11.0. The summed E-state index contributed by atoms with van der Waals surface area (Å²) in [6.45, 7) is 6.09. The van der Waals surface area contributed by atoms with Crippen molar-refractivity contribution in [2.24, 2.45) is 29.1 Å². The average molecular weight is 208 g/mol. The molecule has 2 saturated carbocycles. The van der Waals surface area contributed by atoms with Gasteiger partial charge >= 0.3 is 0 Å². The van der Waals surface area contributed by atoms with Gasteiger partial charge in [0.2, 0.25) is 0 Å². The maximum absolute atomic E-state index is 10.7. The van der Waals surface area contributed by atoms with E-state index in [-0.39, 0.29) is 5.41 Å². The van der Waals surface area contributed by atoms with Crippen molar-refractivity contribution >= 4 is 0 Å². The van der Waals surface area contributed by atoms with Gasteiger partial charge in [0, 0.05) is 11.8 Å². The van der Waals surface area contributed by atoms with Crippen LogP contribution in [-0.2, 0) is 0 Å². The fraction of sp³-hybridized carbons (Fsp3) is 0.846. The molecule has 2 fully saturated rings. The van der Waals surface area contributed by atoms with Crippen LogP contribution in [0.15, 0.2) is 12.2 Å². The van der Waals surface area contributed by atoms with Crippen molar-refractivity contribution in [3.8, 4) is 0 Å². The zero-order valence-corrected chi connectivity index (χ0v) is 9.64. The predicted molar refractivity (Wildman–Crippen MR) is 58.1 cm³/mol. The number of hydrogen-bond acceptors (Lipinski definition) is 2. The summed E-state index contributed by atoms with van der Waals surface area (Å²) >= 11 is 0. The highest BCUT2D eigenvalue weighted by Crippen LogP contribution is 2.66. The Bertz CT molecular complexity index is 328. The summed E-state index contributed by atoms with van der Waals surface area (Å²) in [6.07, 6.45) is 5.10. The Morgan fingerprint density at radius 2 is 1.80 bits per heavy atom. The monoisotopic (exact) mass is 208 g/mol. The third-order valence-electron chi connectivity index (χ3n) is 5.05. The van der Waals surface area contributed by atoms with Gasteiger partial charge in [-0.25, -0.2) is 0 Å². The lowest BCUT2D eigenvalue weighted by Gasteiger charge is -2.62. The number of rotatable bonds is 0. The molecule has 0 saturated heterocycles. The van der Waals surface area contributed by atoms with Crippen LogP contribution in [0.2, 0.25) is 0 Å². The summed E-state index contributed by atoms with van der Waals surface area (Å²) in [4.78, 5) is 0. The molecule has 2 N–H and O–H groups in total. The largest absolute Gasteiger partial charge is 0.390 e. The molecule has 0 heterocycles. The highest BCUT2D eigenvalue weighted by Gasteiger charge is 2.72. The molecule has 3 aliphatic rings. The molecule has 0 aromatic heterocycles. The Hall–Kier alpha value is -0.340. The molecule has 3 rings (SSSR count). The minimum atomic E-state index is -0.873. The molecule has 0 amide bonds. The molecular formula is C13H20O2. The lowest BCUT2D eigenvalue weighted by Crippen LogP contribution is -2.72. The molecule has 0 aromatic rings. The maximum Gasteiger partial charge on any atom is 0.0993 e. The highest BCUT2D eigenvalue weighted by atomic mass is 16.4. The molecule has 84 valence electrons. The first kappa shape index (κ1) is 9.86. The Balaban J connectivity index is 1.99. The second-order valence-corrected chi connectivity index (χ2v) is 6.57. The minimum absolute atomic E-state index is 0.230. The smallest absolute Gasteiger partial charge is 0.0993 e. The molecule has 0 aliphatic heterocycles. The van der Waals surface area contributed by atoms with E-state index in [1.54, 1.807) is 0 Å². The standard InChI is InChI=1S/C13H20O2/c1-12(2,3)13(15)10-8-5-4-7(6-8)9(10)11(13)14/h4-5,7-11,14-15H,6H2,1-3H3/t7-,8-,9-,10-,11+,13+/m0/s1. The normalized spacial score (nSPS) is 56.7. The van der Waals surface area contributed by atoms with Crippen LogP contribution in [0, 0.1) is 29.1 Å². The van der Waals surface area contributed by atoms with Crippen molar-refractivity contribution in [1.29, 1.82) is 0 Å². The molecule has 0 radical (unpaired) electrons. The van der Waals surface area contributed by atoms with Crippen molar-refractivity contribution in [3.05, 3.63) is 12.2 Å². The van der Waals surface area contributed by atoms with E-state index in [0.717, 1.165) is 6.42 Å². The van der Waals surface area contributed by atoms with Gasteiger partial charge in [0.25, 0.3) is 0 Å². The van der Waals surface area contributed by atoms with Gasteiger partial charge < -0.3 is 10.2 Å². The fourth-order valence-corrected chi connectivity index (χ4v) is 4.23. The number of fused-ring (bicyclic) bond motifs is 5. The Morgan fingerprint density at radius 3 is 2.40 bits per heavy atom. The van der Waals surface area contributed by atoms with Gasteiger partial charge in [0.15, 0.2) is 0 Å². The number of aliphatic hydroxyl groups excluding tert-OH is 1. The SMILES string of the molecule is CC(C)(C)[C@@]1(O)[C@@H]2[C@@H]([C@H]1O)[C@H]1C=C[C@H]2C1. The molecular weight excluding hydrogens is 188 g/mol. The van der Waals surface area contributed by atoms with E-state index in [1.165, 1.54) is 0 Å². The summed E-state index contributed by atoms with van der Waals surface area (Å²) in [7, 11) is 0. The van der Waals surface area contributed by atoms with Crippen LogP contribution in [0.5, 0.6) is 0 Å². The topological polar surface area (TPSA) is 40.5 Å². The highest BCUT2D eigenvalue weighted by molar-refractivity contribution is 5.28. The molecule has 0 spiro atoms. The van der Waals surface area contributed by atoms with Crippen molar-refractivity contribution in [1.82, 2.24) is 0 Å². The van der Waals surface area contributed by atoms with Crippen LogP contribution < -0.4 is 0 Å². The van der Waals surface area contributed by atoms with Gasteiger partial charge in [-0.3, -0.25) is 0 Å². The van der Waals surface area contributed by atoms with Gasteiger partial charge in [-0.15, -0.1) is 0 Å².